The van der Waals surface area contributed by atoms with Crippen LogP contribution in [0.5, 0.6) is 17.2 Å². The molecular formula is C24H23NO5. The van der Waals surface area contributed by atoms with E-state index in [1.54, 1.807) is 14.2 Å². The van der Waals surface area contributed by atoms with Crippen molar-refractivity contribution in [2.75, 3.05) is 33.3 Å². The van der Waals surface area contributed by atoms with Crippen molar-refractivity contribution in [2.45, 2.75) is 6.10 Å². The highest BCUT2D eigenvalue weighted by atomic mass is 16.5. The van der Waals surface area contributed by atoms with Crippen molar-refractivity contribution in [1.29, 1.82) is 0 Å². The van der Waals surface area contributed by atoms with E-state index in [0.717, 1.165) is 39.5 Å². The van der Waals surface area contributed by atoms with Crippen LogP contribution in [-0.2, 0) is 9.53 Å². The Labute approximate surface area is 175 Å². The summed E-state index contributed by atoms with van der Waals surface area (Å²) >= 11 is 0. The number of carbonyl (C=O) groups excluding carboxylic acids is 1. The Kier molecular flexibility index (Phi) is 5.59. The summed E-state index contributed by atoms with van der Waals surface area (Å²) in [6, 6.07) is 19.3. The number of methoxy groups -OCH3 is 3. The Morgan fingerprint density at radius 1 is 1.00 bits per heavy atom. The molecule has 1 heterocycles. The molecule has 0 bridgehead atoms. The van der Waals surface area contributed by atoms with Crippen LogP contribution >= 0.6 is 0 Å². The number of rotatable bonds is 6. The van der Waals surface area contributed by atoms with Crippen LogP contribution in [-0.4, -0.2) is 33.8 Å². The molecule has 6 heteroatoms. The highest BCUT2D eigenvalue weighted by molar-refractivity contribution is 5.93. The summed E-state index contributed by atoms with van der Waals surface area (Å²) < 4.78 is 22.3. The van der Waals surface area contributed by atoms with Gasteiger partial charge >= 0.3 is 0 Å². The molecule has 1 N–H and O–H groups in total. The lowest BCUT2D eigenvalue weighted by molar-refractivity contribution is -0.119. The van der Waals surface area contributed by atoms with Crippen molar-refractivity contribution in [2.24, 2.45) is 0 Å². The van der Waals surface area contributed by atoms with Gasteiger partial charge in [0, 0.05) is 23.9 Å². The number of nitrogens with one attached hydrogen (secondary N) is 1. The van der Waals surface area contributed by atoms with E-state index >= 15 is 0 Å². The molecule has 1 atom stereocenters. The Bertz CT molecular complexity index is 1080. The van der Waals surface area contributed by atoms with Crippen molar-refractivity contribution in [3.63, 3.8) is 0 Å². The van der Waals surface area contributed by atoms with Gasteiger partial charge in [-0.15, -0.1) is 0 Å². The van der Waals surface area contributed by atoms with Crippen LogP contribution in [0.1, 0.15) is 17.2 Å². The summed E-state index contributed by atoms with van der Waals surface area (Å²) in [6.45, 7) is -0.0104. The van der Waals surface area contributed by atoms with Gasteiger partial charge in [-0.25, -0.2) is 0 Å². The van der Waals surface area contributed by atoms with Gasteiger partial charge in [0.15, 0.2) is 0 Å². The van der Waals surface area contributed by atoms with E-state index < -0.39 is 0 Å². The van der Waals surface area contributed by atoms with Crippen molar-refractivity contribution >= 4 is 11.6 Å². The lowest BCUT2D eigenvalue weighted by Crippen LogP contribution is -2.19. The number of amides is 1. The number of ether oxygens (including phenoxy) is 4. The zero-order chi connectivity index (χ0) is 21.1. The number of hydrogen-bond acceptors (Lipinski definition) is 5. The molecule has 0 aromatic heterocycles. The molecule has 1 aliphatic heterocycles. The van der Waals surface area contributed by atoms with Crippen molar-refractivity contribution in [1.82, 2.24) is 0 Å². The first-order valence-electron chi connectivity index (χ1n) is 9.55. The van der Waals surface area contributed by atoms with Crippen LogP contribution in [0.4, 0.5) is 5.69 Å². The van der Waals surface area contributed by atoms with Crippen molar-refractivity contribution in [3.05, 3.63) is 71.8 Å². The summed E-state index contributed by atoms with van der Waals surface area (Å²) in [7, 11) is 4.77. The largest absolute Gasteiger partial charge is 0.497 e. The smallest absolute Gasteiger partial charge is 0.250 e. The quantitative estimate of drug-likeness (QED) is 0.657. The molecule has 0 saturated carbocycles. The van der Waals surface area contributed by atoms with E-state index in [9.17, 15) is 4.79 Å². The predicted octanol–water partition coefficient (Wildman–Crippen LogP) is 4.44. The van der Waals surface area contributed by atoms with Crippen molar-refractivity contribution in [3.8, 4) is 28.4 Å². The first-order chi connectivity index (χ1) is 14.6. The van der Waals surface area contributed by atoms with E-state index in [0.29, 0.717) is 5.69 Å². The lowest BCUT2D eigenvalue weighted by Gasteiger charge is -2.30. The van der Waals surface area contributed by atoms with Crippen LogP contribution in [0, 0.1) is 0 Å². The van der Waals surface area contributed by atoms with Gasteiger partial charge < -0.3 is 24.3 Å². The summed E-state index contributed by atoms with van der Waals surface area (Å²) in [4.78, 5) is 12.0. The zero-order valence-corrected chi connectivity index (χ0v) is 17.1. The second-order valence-electron chi connectivity index (χ2n) is 6.89. The molecule has 3 aromatic carbocycles. The van der Waals surface area contributed by atoms with Gasteiger partial charge in [-0.1, -0.05) is 24.3 Å². The fourth-order valence-electron chi connectivity index (χ4n) is 3.70. The van der Waals surface area contributed by atoms with Gasteiger partial charge in [-0.05, 0) is 42.0 Å². The van der Waals surface area contributed by atoms with Gasteiger partial charge in [-0.3, -0.25) is 4.79 Å². The van der Waals surface area contributed by atoms with Crippen molar-refractivity contribution < 1.29 is 23.7 Å². The minimum atomic E-state index is -0.367. The van der Waals surface area contributed by atoms with E-state index in [-0.39, 0.29) is 18.6 Å². The molecule has 1 aliphatic rings. The number of anilines is 1. The average molecular weight is 405 g/mol. The third kappa shape index (κ3) is 3.69. The normalized spacial score (nSPS) is 14.2. The van der Waals surface area contributed by atoms with E-state index in [1.165, 1.54) is 7.11 Å². The highest BCUT2D eigenvalue weighted by Gasteiger charge is 2.30. The summed E-state index contributed by atoms with van der Waals surface area (Å²) in [5.41, 5.74) is 4.43. The minimum Gasteiger partial charge on any atom is -0.497 e. The maximum absolute atomic E-state index is 12.0. The maximum atomic E-state index is 12.0. The second kappa shape index (κ2) is 8.47. The molecule has 154 valence electrons. The van der Waals surface area contributed by atoms with E-state index in [1.807, 2.05) is 60.7 Å². The van der Waals surface area contributed by atoms with Crippen LogP contribution in [0.15, 0.2) is 60.7 Å². The van der Waals surface area contributed by atoms with Gasteiger partial charge in [0.2, 0.25) is 5.91 Å². The molecule has 6 nitrogen and oxygen atoms in total. The molecule has 30 heavy (non-hydrogen) atoms. The predicted molar refractivity (Wildman–Crippen MR) is 114 cm³/mol. The maximum Gasteiger partial charge on any atom is 0.250 e. The van der Waals surface area contributed by atoms with Gasteiger partial charge in [0.05, 0.1) is 19.8 Å². The molecule has 1 unspecified atom stereocenters. The number of fused-ring (bicyclic) bond motifs is 3. The van der Waals surface area contributed by atoms with Gasteiger partial charge in [-0.2, -0.15) is 0 Å². The molecule has 0 fully saturated rings. The molecule has 0 radical (unpaired) electrons. The molecule has 0 spiro atoms. The SMILES string of the molecule is COCC(=O)Nc1ccc2c(c1)C(c1cccc(OC)c1)Oc1cccc(OC)c1-2. The first kappa shape index (κ1) is 19.8. The number of hydrogen-bond donors (Lipinski definition) is 1. The highest BCUT2D eigenvalue weighted by Crippen LogP contribution is 2.49. The fourth-order valence-corrected chi connectivity index (χ4v) is 3.70. The Morgan fingerprint density at radius 3 is 2.60 bits per heavy atom. The average Bonchev–Trinajstić information content (AvgIpc) is 2.78. The number of carbonyl (C=O) groups is 1. The summed E-state index contributed by atoms with van der Waals surface area (Å²) in [5.74, 6) is 2.00. The van der Waals surface area contributed by atoms with Gasteiger partial charge in [0.25, 0.3) is 0 Å². The number of benzene rings is 3. The minimum absolute atomic E-state index is 0.0104. The topological polar surface area (TPSA) is 66.0 Å². The van der Waals surface area contributed by atoms with E-state index in [2.05, 4.69) is 5.32 Å². The molecule has 0 saturated heterocycles. The Hall–Kier alpha value is -3.51. The second-order valence-corrected chi connectivity index (χ2v) is 6.89. The van der Waals surface area contributed by atoms with Gasteiger partial charge in [0.1, 0.15) is 30.0 Å². The molecule has 4 rings (SSSR count). The van der Waals surface area contributed by atoms with Crippen LogP contribution in [0.25, 0.3) is 11.1 Å². The Balaban J connectivity index is 1.85. The lowest BCUT2D eigenvalue weighted by atomic mass is 9.88. The molecule has 1 amide bonds. The third-order valence-corrected chi connectivity index (χ3v) is 5.01. The standard InChI is InChI=1S/C24H23NO5/c1-27-14-22(26)25-16-10-11-18-19(13-16)24(15-6-4-7-17(12-15)28-2)30-21-9-5-8-20(29-3)23(18)21/h4-13,24H,14H2,1-3H3,(H,25,26). The molecule has 3 aromatic rings. The fraction of sp³-hybridized carbons (Fsp3) is 0.208. The first-order valence-corrected chi connectivity index (χ1v) is 9.55. The summed E-state index contributed by atoms with van der Waals surface area (Å²) in [5, 5.41) is 2.86. The van der Waals surface area contributed by atoms with Crippen LogP contribution in [0.2, 0.25) is 0 Å². The van der Waals surface area contributed by atoms with Crippen LogP contribution in [0.3, 0.4) is 0 Å². The summed E-state index contributed by atoms with van der Waals surface area (Å²) in [6.07, 6.45) is -0.367. The zero-order valence-electron chi connectivity index (χ0n) is 17.1. The third-order valence-electron chi connectivity index (χ3n) is 5.01. The molecular weight excluding hydrogens is 382 g/mol. The van der Waals surface area contributed by atoms with E-state index in [4.69, 9.17) is 18.9 Å². The Morgan fingerprint density at radius 2 is 1.83 bits per heavy atom. The monoisotopic (exact) mass is 405 g/mol. The van der Waals surface area contributed by atoms with Crippen LogP contribution < -0.4 is 19.5 Å². The molecule has 0 aliphatic carbocycles.